The van der Waals surface area contributed by atoms with Crippen molar-refractivity contribution in [1.29, 1.82) is 0 Å². The Morgan fingerprint density at radius 3 is 3.17 bits per heavy atom. The van der Waals surface area contributed by atoms with Gasteiger partial charge in [-0.3, -0.25) is 4.79 Å². The normalized spacial score (nSPS) is 37.8. The molecule has 1 nitrogen and oxygen atoms in total. The highest BCUT2D eigenvalue weighted by Crippen LogP contribution is 2.50. The number of hydrogen-bond acceptors (Lipinski definition) is 1. The van der Waals surface area contributed by atoms with Crippen molar-refractivity contribution in [3.63, 3.8) is 0 Å². The number of Topliss-reactive ketones (excluding diaryl/α,β-unsaturated/α-hetero) is 1. The lowest BCUT2D eigenvalue weighted by Crippen LogP contribution is -2.23. The van der Waals surface area contributed by atoms with Crippen molar-refractivity contribution in [2.45, 2.75) is 25.7 Å². The van der Waals surface area contributed by atoms with Crippen LogP contribution in [0.25, 0.3) is 0 Å². The predicted molar refractivity (Wildman–Crippen MR) is 46.6 cm³/mol. The summed E-state index contributed by atoms with van der Waals surface area (Å²) < 4.78 is 0. The zero-order valence-corrected chi connectivity index (χ0v) is 7.05. The van der Waals surface area contributed by atoms with Gasteiger partial charge in [0.1, 0.15) is 0 Å². The van der Waals surface area contributed by atoms with Gasteiger partial charge in [-0.25, -0.2) is 0 Å². The fourth-order valence-corrected chi connectivity index (χ4v) is 2.78. The smallest absolute Gasteiger partial charge is 0.159 e. The molecule has 3 rings (SSSR count). The Morgan fingerprint density at radius 2 is 2.25 bits per heavy atom. The van der Waals surface area contributed by atoms with Crippen LogP contribution in [-0.4, -0.2) is 5.78 Å². The van der Waals surface area contributed by atoms with Gasteiger partial charge in [-0.2, -0.15) is 0 Å². The number of rotatable bonds is 0. The summed E-state index contributed by atoms with van der Waals surface area (Å²) in [6.45, 7) is 0. The Kier molecular flexibility index (Phi) is 1.16. The summed E-state index contributed by atoms with van der Waals surface area (Å²) in [4.78, 5) is 11.6. The van der Waals surface area contributed by atoms with Gasteiger partial charge in [0.25, 0.3) is 0 Å². The molecule has 0 aromatic rings. The Morgan fingerprint density at radius 1 is 1.33 bits per heavy atom. The van der Waals surface area contributed by atoms with Crippen LogP contribution in [0.4, 0.5) is 0 Å². The van der Waals surface area contributed by atoms with E-state index in [1.165, 1.54) is 6.42 Å². The molecule has 62 valence electrons. The van der Waals surface area contributed by atoms with Gasteiger partial charge in [0.2, 0.25) is 0 Å². The van der Waals surface area contributed by atoms with Gasteiger partial charge in [0.05, 0.1) is 0 Å². The molecule has 3 aliphatic rings. The summed E-state index contributed by atoms with van der Waals surface area (Å²) in [6.07, 6.45) is 8.70. The SMILES string of the molecule is O=C1CCCC2=C[C@H]3CC=C1[C@@H]23. The van der Waals surface area contributed by atoms with Crippen molar-refractivity contribution >= 4 is 5.78 Å². The van der Waals surface area contributed by atoms with Gasteiger partial charge in [-0.1, -0.05) is 17.7 Å². The zero-order valence-electron chi connectivity index (χ0n) is 7.05. The number of carbonyl (C=O) groups excluding carboxylic acids is 1. The van der Waals surface area contributed by atoms with Gasteiger partial charge in [0.15, 0.2) is 5.78 Å². The third-order valence-corrected chi connectivity index (χ3v) is 3.39. The van der Waals surface area contributed by atoms with Gasteiger partial charge in [0, 0.05) is 12.3 Å². The van der Waals surface area contributed by atoms with E-state index in [0.717, 1.165) is 24.8 Å². The molecule has 0 aromatic heterocycles. The maximum absolute atomic E-state index is 11.6. The van der Waals surface area contributed by atoms with E-state index in [2.05, 4.69) is 12.2 Å². The van der Waals surface area contributed by atoms with Gasteiger partial charge < -0.3 is 0 Å². The van der Waals surface area contributed by atoms with Gasteiger partial charge in [-0.05, 0) is 30.8 Å². The van der Waals surface area contributed by atoms with E-state index in [4.69, 9.17) is 0 Å². The molecule has 1 saturated carbocycles. The highest BCUT2D eigenvalue weighted by atomic mass is 16.1. The minimum absolute atomic E-state index is 0.422. The van der Waals surface area contributed by atoms with E-state index in [-0.39, 0.29) is 0 Å². The zero-order chi connectivity index (χ0) is 8.13. The fraction of sp³-hybridized carbons (Fsp3) is 0.545. The molecular formula is C11H12O. The standard InChI is InChI=1S/C11H12O/c12-10-3-1-2-7-6-8-4-5-9(10)11(7)8/h5-6,8,11H,1-4H2/t8-,11+/m1/s1. The molecule has 0 bridgehead atoms. The summed E-state index contributed by atoms with van der Waals surface area (Å²) in [5, 5.41) is 0. The molecule has 0 radical (unpaired) electrons. The molecule has 0 unspecified atom stereocenters. The molecule has 3 aliphatic carbocycles. The Hall–Kier alpha value is -0.850. The predicted octanol–water partition coefficient (Wildman–Crippen LogP) is 2.24. The van der Waals surface area contributed by atoms with Crippen LogP contribution in [-0.2, 0) is 4.79 Å². The van der Waals surface area contributed by atoms with Crippen molar-refractivity contribution in [2.24, 2.45) is 11.8 Å². The fourth-order valence-electron chi connectivity index (χ4n) is 2.78. The van der Waals surface area contributed by atoms with Crippen LogP contribution in [0.1, 0.15) is 25.7 Å². The van der Waals surface area contributed by atoms with Crippen molar-refractivity contribution in [1.82, 2.24) is 0 Å². The molecule has 0 aliphatic heterocycles. The molecule has 0 amide bonds. The lowest BCUT2D eigenvalue weighted by atomic mass is 9.73. The van der Waals surface area contributed by atoms with Crippen LogP contribution >= 0.6 is 0 Å². The largest absolute Gasteiger partial charge is 0.295 e. The van der Waals surface area contributed by atoms with Crippen LogP contribution in [0.3, 0.4) is 0 Å². The average Bonchev–Trinajstić information content (AvgIpc) is 2.31. The molecule has 0 heterocycles. The summed E-state index contributed by atoms with van der Waals surface area (Å²) in [5.41, 5.74) is 2.70. The number of carbonyl (C=O) groups is 1. The monoisotopic (exact) mass is 160 g/mol. The third kappa shape index (κ3) is 0.669. The quantitative estimate of drug-likeness (QED) is 0.497. The van der Waals surface area contributed by atoms with Crippen LogP contribution in [0, 0.1) is 11.8 Å². The maximum Gasteiger partial charge on any atom is 0.159 e. The van der Waals surface area contributed by atoms with E-state index in [1.807, 2.05) is 0 Å². The molecule has 0 spiro atoms. The topological polar surface area (TPSA) is 17.1 Å². The molecule has 0 N–H and O–H groups in total. The van der Waals surface area contributed by atoms with Crippen molar-refractivity contribution in [3.05, 3.63) is 23.3 Å². The summed E-state index contributed by atoms with van der Waals surface area (Å²) >= 11 is 0. The van der Waals surface area contributed by atoms with E-state index in [0.29, 0.717) is 17.6 Å². The average molecular weight is 160 g/mol. The highest BCUT2D eigenvalue weighted by molar-refractivity contribution is 5.97. The first-order valence-corrected chi connectivity index (χ1v) is 4.80. The van der Waals surface area contributed by atoms with Crippen LogP contribution in [0.2, 0.25) is 0 Å². The maximum atomic E-state index is 11.6. The number of allylic oxidation sites excluding steroid dienone is 4. The number of hydrogen-bond donors (Lipinski definition) is 0. The Bertz CT molecular complexity index is 309. The molecule has 12 heavy (non-hydrogen) atoms. The first kappa shape index (κ1) is 6.64. The van der Waals surface area contributed by atoms with E-state index in [9.17, 15) is 4.79 Å². The summed E-state index contributed by atoms with van der Waals surface area (Å²) in [7, 11) is 0. The van der Waals surface area contributed by atoms with E-state index in [1.54, 1.807) is 5.57 Å². The van der Waals surface area contributed by atoms with Crippen LogP contribution in [0.15, 0.2) is 23.3 Å². The lowest BCUT2D eigenvalue weighted by molar-refractivity contribution is -0.115. The molecule has 0 aromatic carbocycles. The van der Waals surface area contributed by atoms with E-state index >= 15 is 0 Å². The first-order chi connectivity index (χ1) is 5.86. The summed E-state index contributed by atoms with van der Waals surface area (Å²) in [6, 6.07) is 0. The van der Waals surface area contributed by atoms with Crippen LogP contribution < -0.4 is 0 Å². The molecule has 0 saturated heterocycles. The minimum atomic E-state index is 0.422. The van der Waals surface area contributed by atoms with E-state index < -0.39 is 0 Å². The van der Waals surface area contributed by atoms with Crippen molar-refractivity contribution in [3.8, 4) is 0 Å². The van der Waals surface area contributed by atoms with Gasteiger partial charge in [-0.15, -0.1) is 0 Å². The molecule has 2 atom stereocenters. The molecule has 1 fully saturated rings. The third-order valence-electron chi connectivity index (χ3n) is 3.39. The minimum Gasteiger partial charge on any atom is -0.295 e. The van der Waals surface area contributed by atoms with Gasteiger partial charge >= 0.3 is 0 Å². The number of ketones is 1. The van der Waals surface area contributed by atoms with Crippen molar-refractivity contribution < 1.29 is 4.79 Å². The first-order valence-electron chi connectivity index (χ1n) is 4.80. The molecule has 1 heteroatoms. The van der Waals surface area contributed by atoms with Crippen molar-refractivity contribution in [2.75, 3.05) is 0 Å². The lowest BCUT2D eigenvalue weighted by Gasteiger charge is -2.31. The Balaban J connectivity index is 2.05. The van der Waals surface area contributed by atoms with Crippen LogP contribution in [0.5, 0.6) is 0 Å². The Labute approximate surface area is 72.2 Å². The second kappa shape index (κ2) is 2.09. The summed E-state index contributed by atoms with van der Waals surface area (Å²) in [5.74, 6) is 1.70. The highest BCUT2D eigenvalue weighted by Gasteiger charge is 2.41. The second-order valence-corrected chi connectivity index (χ2v) is 4.06. The second-order valence-electron chi connectivity index (χ2n) is 4.06. The molecular weight excluding hydrogens is 148 g/mol.